The lowest BCUT2D eigenvalue weighted by molar-refractivity contribution is -0.145. The fraction of sp³-hybridized carbons (Fsp3) is 0.571. The topological polar surface area (TPSA) is 54.9 Å². The van der Waals surface area contributed by atoms with E-state index < -0.39 is 12.0 Å². The zero-order chi connectivity index (χ0) is 20.2. The molecule has 1 aromatic heterocycles. The van der Waals surface area contributed by atoms with Gasteiger partial charge in [-0.05, 0) is 62.3 Å². The number of hydrogen-bond acceptors (Lipinski definition) is 4. The fourth-order valence-corrected chi connectivity index (χ4v) is 6.83. The molecule has 2 aromatic rings. The average Bonchev–Trinajstić information content (AvgIpc) is 2.63. The Morgan fingerprint density at radius 1 is 1.07 bits per heavy atom. The molecule has 4 saturated carbocycles. The highest BCUT2D eigenvalue weighted by Crippen LogP contribution is 2.55. The summed E-state index contributed by atoms with van der Waals surface area (Å²) < 4.78 is 39.5. The SMILES string of the molecule is O=C(CSc1nc(C(F)(F)F)nc2ccccc12)NC12CC3CC(CC(C3)C1)C2. The lowest BCUT2D eigenvalue weighted by Gasteiger charge is -2.56. The molecule has 4 aliphatic rings. The van der Waals surface area contributed by atoms with E-state index in [2.05, 4.69) is 15.3 Å². The Bertz CT molecular complexity index is 927. The van der Waals surface area contributed by atoms with E-state index in [1.165, 1.54) is 25.3 Å². The fourth-order valence-electron chi connectivity index (χ4n) is 6.01. The van der Waals surface area contributed by atoms with Crippen LogP contribution >= 0.6 is 11.8 Å². The normalized spacial score (nSPS) is 30.7. The summed E-state index contributed by atoms with van der Waals surface area (Å²) in [6.07, 6.45) is 2.38. The first-order valence-electron chi connectivity index (χ1n) is 10.1. The van der Waals surface area contributed by atoms with Crippen molar-refractivity contribution in [3.05, 3.63) is 30.1 Å². The quantitative estimate of drug-likeness (QED) is 0.568. The second kappa shape index (κ2) is 6.86. The Morgan fingerprint density at radius 3 is 2.31 bits per heavy atom. The number of carbonyl (C=O) groups is 1. The number of amides is 1. The second-order valence-electron chi connectivity index (χ2n) is 8.90. The number of hydrogen-bond donors (Lipinski definition) is 1. The van der Waals surface area contributed by atoms with Gasteiger partial charge in [0.25, 0.3) is 0 Å². The standard InChI is InChI=1S/C21H22F3N3OS/c22-21(23,24)19-25-16-4-2-1-3-15(16)18(26-19)29-11-17(28)27-20-8-12-5-13(9-20)7-14(6-12)10-20/h1-4,12-14H,5-11H2,(H,27,28). The molecule has 154 valence electrons. The first kappa shape index (κ1) is 19.2. The van der Waals surface area contributed by atoms with Crippen LogP contribution in [-0.2, 0) is 11.0 Å². The van der Waals surface area contributed by atoms with Crippen molar-refractivity contribution in [3.63, 3.8) is 0 Å². The maximum absolute atomic E-state index is 13.2. The largest absolute Gasteiger partial charge is 0.451 e. The van der Waals surface area contributed by atoms with Crippen molar-refractivity contribution >= 4 is 28.6 Å². The number of carbonyl (C=O) groups excluding carboxylic acids is 1. The van der Waals surface area contributed by atoms with Gasteiger partial charge in [-0.15, -0.1) is 0 Å². The number of thioether (sulfide) groups is 1. The van der Waals surface area contributed by atoms with Gasteiger partial charge in [0.2, 0.25) is 11.7 Å². The van der Waals surface area contributed by atoms with Gasteiger partial charge in [-0.2, -0.15) is 13.2 Å². The molecule has 0 unspecified atom stereocenters. The van der Waals surface area contributed by atoms with Crippen LogP contribution in [0.1, 0.15) is 44.3 Å². The van der Waals surface area contributed by atoms with Gasteiger partial charge in [0.1, 0.15) is 5.03 Å². The Labute approximate surface area is 171 Å². The minimum absolute atomic E-state index is 0.0556. The third kappa shape index (κ3) is 3.71. The summed E-state index contributed by atoms with van der Waals surface area (Å²) in [6.45, 7) is 0. The van der Waals surface area contributed by atoms with Crippen LogP contribution in [-0.4, -0.2) is 27.2 Å². The van der Waals surface area contributed by atoms with Crippen molar-refractivity contribution in [1.29, 1.82) is 0 Å². The molecule has 0 atom stereocenters. The minimum Gasteiger partial charge on any atom is -0.350 e. The smallest absolute Gasteiger partial charge is 0.350 e. The summed E-state index contributed by atoms with van der Waals surface area (Å²) in [5.74, 6) is 0.923. The number of benzene rings is 1. The van der Waals surface area contributed by atoms with Crippen LogP contribution in [0.2, 0.25) is 0 Å². The number of nitrogens with one attached hydrogen (secondary N) is 1. The molecule has 8 heteroatoms. The monoisotopic (exact) mass is 421 g/mol. The molecule has 4 fully saturated rings. The highest BCUT2D eigenvalue weighted by atomic mass is 32.2. The zero-order valence-electron chi connectivity index (χ0n) is 15.8. The number of halogens is 3. The highest BCUT2D eigenvalue weighted by molar-refractivity contribution is 8.00. The summed E-state index contributed by atoms with van der Waals surface area (Å²) in [7, 11) is 0. The number of fused-ring (bicyclic) bond motifs is 1. The second-order valence-corrected chi connectivity index (χ2v) is 9.87. The van der Waals surface area contributed by atoms with Crippen LogP contribution in [0.25, 0.3) is 10.9 Å². The van der Waals surface area contributed by atoms with Gasteiger partial charge in [0, 0.05) is 10.9 Å². The van der Waals surface area contributed by atoms with Gasteiger partial charge < -0.3 is 5.32 Å². The molecule has 6 rings (SSSR count). The predicted octanol–water partition coefficient (Wildman–Crippen LogP) is 4.83. The summed E-state index contributed by atoms with van der Waals surface area (Å²) in [4.78, 5) is 20.1. The third-order valence-electron chi connectivity index (χ3n) is 6.60. The van der Waals surface area contributed by atoms with Crippen molar-refractivity contribution in [1.82, 2.24) is 15.3 Å². The molecule has 4 aliphatic carbocycles. The van der Waals surface area contributed by atoms with Crippen molar-refractivity contribution < 1.29 is 18.0 Å². The lowest BCUT2D eigenvalue weighted by atomic mass is 9.53. The van der Waals surface area contributed by atoms with Crippen LogP contribution in [0.15, 0.2) is 29.3 Å². The molecule has 1 amide bonds. The molecule has 4 nitrogen and oxygen atoms in total. The molecule has 1 heterocycles. The van der Waals surface area contributed by atoms with Crippen molar-refractivity contribution in [2.24, 2.45) is 17.8 Å². The minimum atomic E-state index is -4.62. The molecular formula is C21H22F3N3OS. The molecule has 0 aliphatic heterocycles. The maximum atomic E-state index is 13.2. The van der Waals surface area contributed by atoms with E-state index in [0.717, 1.165) is 31.0 Å². The highest BCUT2D eigenvalue weighted by Gasteiger charge is 2.51. The molecule has 29 heavy (non-hydrogen) atoms. The molecule has 4 bridgehead atoms. The summed E-state index contributed by atoms with van der Waals surface area (Å²) >= 11 is 1.05. The average molecular weight is 421 g/mol. The first-order chi connectivity index (χ1) is 13.8. The maximum Gasteiger partial charge on any atom is 0.451 e. The van der Waals surface area contributed by atoms with Crippen LogP contribution in [0.3, 0.4) is 0 Å². The van der Waals surface area contributed by atoms with E-state index >= 15 is 0 Å². The number of alkyl halides is 3. The van der Waals surface area contributed by atoms with Gasteiger partial charge in [-0.3, -0.25) is 4.79 Å². The third-order valence-corrected chi connectivity index (χ3v) is 7.60. The van der Waals surface area contributed by atoms with E-state index in [1.807, 2.05) is 0 Å². The van der Waals surface area contributed by atoms with Crippen LogP contribution < -0.4 is 5.32 Å². The van der Waals surface area contributed by atoms with Crippen molar-refractivity contribution in [2.75, 3.05) is 5.75 Å². The molecule has 0 radical (unpaired) electrons. The number of aromatic nitrogens is 2. The molecule has 0 saturated heterocycles. The van der Waals surface area contributed by atoms with Crippen LogP contribution in [0.4, 0.5) is 13.2 Å². The molecule has 1 aromatic carbocycles. The summed E-state index contributed by atoms with van der Waals surface area (Å²) in [5, 5.41) is 4.00. The predicted molar refractivity (Wildman–Crippen MR) is 104 cm³/mol. The summed E-state index contributed by atoms with van der Waals surface area (Å²) in [6, 6.07) is 6.60. The number of nitrogens with zero attached hydrogens (tertiary/aromatic N) is 2. The van der Waals surface area contributed by atoms with Gasteiger partial charge in [-0.1, -0.05) is 30.0 Å². The summed E-state index contributed by atoms with van der Waals surface area (Å²) in [5.41, 5.74) is 0.135. The van der Waals surface area contributed by atoms with E-state index in [0.29, 0.717) is 23.1 Å². The Hall–Kier alpha value is -1.83. The van der Waals surface area contributed by atoms with Crippen molar-refractivity contribution in [2.45, 2.75) is 55.3 Å². The molecular weight excluding hydrogens is 399 g/mol. The Kier molecular flexibility index (Phi) is 4.53. The lowest BCUT2D eigenvalue weighted by Crippen LogP contribution is -2.60. The zero-order valence-corrected chi connectivity index (χ0v) is 16.7. The molecule has 1 N–H and O–H groups in total. The Morgan fingerprint density at radius 2 is 1.69 bits per heavy atom. The Balaban J connectivity index is 1.32. The van der Waals surface area contributed by atoms with E-state index in [1.54, 1.807) is 18.2 Å². The number of rotatable bonds is 4. The van der Waals surface area contributed by atoms with Crippen molar-refractivity contribution in [3.8, 4) is 0 Å². The van der Waals surface area contributed by atoms with Crippen LogP contribution in [0, 0.1) is 17.8 Å². The molecule has 0 spiro atoms. The van der Waals surface area contributed by atoms with Gasteiger partial charge in [0.15, 0.2) is 0 Å². The number of para-hydroxylation sites is 1. The van der Waals surface area contributed by atoms with E-state index in [-0.39, 0.29) is 27.7 Å². The first-order valence-corrected chi connectivity index (χ1v) is 11.1. The van der Waals surface area contributed by atoms with E-state index in [4.69, 9.17) is 0 Å². The van der Waals surface area contributed by atoms with Gasteiger partial charge >= 0.3 is 6.18 Å². The van der Waals surface area contributed by atoms with Crippen LogP contribution in [0.5, 0.6) is 0 Å². The van der Waals surface area contributed by atoms with Gasteiger partial charge in [-0.25, -0.2) is 9.97 Å². The van der Waals surface area contributed by atoms with Gasteiger partial charge in [0.05, 0.1) is 11.3 Å². The van der Waals surface area contributed by atoms with E-state index in [9.17, 15) is 18.0 Å².